The Balaban J connectivity index is 0.00000312. The molecule has 1 fully saturated rings. The number of rotatable bonds is 8. The summed E-state index contributed by atoms with van der Waals surface area (Å²) in [6.45, 7) is 9.99. The molecule has 0 bridgehead atoms. The van der Waals surface area contributed by atoms with Gasteiger partial charge in [0.2, 0.25) is 0 Å². The predicted octanol–water partition coefficient (Wildman–Crippen LogP) is 3.34. The molecule has 0 aliphatic carbocycles. The second-order valence-electron chi connectivity index (χ2n) is 6.60. The second-order valence-corrected chi connectivity index (χ2v) is 7.57. The SMILES string of the molecule is CN=C(NCCCC(C)C)NCC(c1cccs1)N1CCOCC1.I. The van der Waals surface area contributed by atoms with Crippen LogP contribution in [-0.4, -0.2) is 57.3 Å². The highest BCUT2D eigenvalue weighted by molar-refractivity contribution is 14.0. The van der Waals surface area contributed by atoms with Gasteiger partial charge in [-0.05, 0) is 30.2 Å². The highest BCUT2D eigenvalue weighted by Crippen LogP contribution is 2.25. The van der Waals surface area contributed by atoms with Crippen LogP contribution in [0.25, 0.3) is 0 Å². The molecule has 1 atom stereocenters. The van der Waals surface area contributed by atoms with Crippen molar-refractivity contribution in [3.63, 3.8) is 0 Å². The van der Waals surface area contributed by atoms with Crippen molar-refractivity contribution in [2.75, 3.05) is 46.4 Å². The monoisotopic (exact) mass is 480 g/mol. The molecule has 2 heterocycles. The van der Waals surface area contributed by atoms with E-state index in [2.05, 4.69) is 51.9 Å². The molecule has 0 aromatic carbocycles. The largest absolute Gasteiger partial charge is 0.379 e. The van der Waals surface area contributed by atoms with Gasteiger partial charge in [-0.1, -0.05) is 19.9 Å². The Morgan fingerprint density at radius 3 is 2.68 bits per heavy atom. The minimum absolute atomic E-state index is 0. The van der Waals surface area contributed by atoms with Crippen LogP contribution in [0.4, 0.5) is 0 Å². The van der Waals surface area contributed by atoms with Crippen LogP contribution in [0.1, 0.15) is 37.6 Å². The van der Waals surface area contributed by atoms with Gasteiger partial charge < -0.3 is 15.4 Å². The standard InChI is InChI=1S/C18H32N4OS.HI/c1-15(2)6-4-8-20-18(19-3)21-14-16(17-7-5-13-24-17)22-9-11-23-12-10-22;/h5,7,13,15-16H,4,6,8-12,14H2,1-3H3,(H2,19,20,21);1H. The number of hydrogen-bond acceptors (Lipinski definition) is 4. The molecule has 2 rings (SSSR count). The maximum absolute atomic E-state index is 5.50. The summed E-state index contributed by atoms with van der Waals surface area (Å²) < 4.78 is 5.50. The highest BCUT2D eigenvalue weighted by Gasteiger charge is 2.23. The van der Waals surface area contributed by atoms with Gasteiger partial charge in [0.05, 0.1) is 19.3 Å². The molecular weight excluding hydrogens is 447 g/mol. The van der Waals surface area contributed by atoms with Crippen molar-refractivity contribution < 1.29 is 4.74 Å². The minimum Gasteiger partial charge on any atom is -0.379 e. The molecule has 7 heteroatoms. The van der Waals surface area contributed by atoms with Crippen LogP contribution in [0.15, 0.2) is 22.5 Å². The Kier molecular flexibility index (Phi) is 11.7. The minimum atomic E-state index is 0. The lowest BCUT2D eigenvalue weighted by atomic mass is 10.1. The van der Waals surface area contributed by atoms with E-state index in [1.165, 1.54) is 17.7 Å². The summed E-state index contributed by atoms with van der Waals surface area (Å²) in [5.41, 5.74) is 0. The quantitative estimate of drug-likeness (QED) is 0.260. The predicted molar refractivity (Wildman–Crippen MR) is 118 cm³/mol. The van der Waals surface area contributed by atoms with Crippen LogP contribution < -0.4 is 10.6 Å². The zero-order valence-corrected chi connectivity index (χ0v) is 18.8. The van der Waals surface area contributed by atoms with E-state index in [-0.39, 0.29) is 24.0 Å². The van der Waals surface area contributed by atoms with Crippen molar-refractivity contribution in [2.45, 2.75) is 32.7 Å². The fraction of sp³-hybridized carbons (Fsp3) is 0.722. The van der Waals surface area contributed by atoms with Crippen molar-refractivity contribution >= 4 is 41.3 Å². The summed E-state index contributed by atoms with van der Waals surface area (Å²) >= 11 is 1.83. The third-order valence-electron chi connectivity index (χ3n) is 4.30. The number of thiophene rings is 1. The molecule has 1 aromatic heterocycles. The van der Waals surface area contributed by atoms with E-state index < -0.39 is 0 Å². The molecule has 0 radical (unpaired) electrons. The lowest BCUT2D eigenvalue weighted by molar-refractivity contribution is 0.0177. The molecule has 1 saturated heterocycles. The summed E-state index contributed by atoms with van der Waals surface area (Å²) in [5, 5.41) is 9.09. The lowest BCUT2D eigenvalue weighted by Crippen LogP contribution is -2.46. The number of halogens is 1. The van der Waals surface area contributed by atoms with E-state index in [1.807, 2.05) is 18.4 Å². The van der Waals surface area contributed by atoms with Gasteiger partial charge in [-0.25, -0.2) is 0 Å². The molecule has 144 valence electrons. The molecule has 1 aliphatic rings. The maximum atomic E-state index is 5.50. The van der Waals surface area contributed by atoms with E-state index in [0.29, 0.717) is 6.04 Å². The van der Waals surface area contributed by atoms with Crippen LogP contribution in [0.3, 0.4) is 0 Å². The summed E-state index contributed by atoms with van der Waals surface area (Å²) in [5.74, 6) is 1.65. The lowest BCUT2D eigenvalue weighted by Gasteiger charge is -2.34. The van der Waals surface area contributed by atoms with Crippen molar-refractivity contribution in [3.8, 4) is 0 Å². The number of nitrogens with zero attached hydrogens (tertiary/aromatic N) is 2. The molecule has 0 spiro atoms. The Bertz CT molecular complexity index is 475. The molecule has 2 N–H and O–H groups in total. The summed E-state index contributed by atoms with van der Waals surface area (Å²) in [7, 11) is 1.84. The average molecular weight is 480 g/mol. The normalized spacial score (nSPS) is 17.2. The first-order valence-corrected chi connectivity index (χ1v) is 9.88. The number of aliphatic imine (C=N–C) groups is 1. The smallest absolute Gasteiger partial charge is 0.191 e. The molecule has 1 unspecified atom stereocenters. The fourth-order valence-corrected chi connectivity index (χ4v) is 3.77. The van der Waals surface area contributed by atoms with Gasteiger partial charge in [0.25, 0.3) is 0 Å². The zero-order chi connectivity index (χ0) is 17.2. The molecular formula is C18H33IN4OS. The number of guanidine groups is 1. The van der Waals surface area contributed by atoms with E-state index >= 15 is 0 Å². The third kappa shape index (κ3) is 8.23. The molecule has 1 aromatic rings. The van der Waals surface area contributed by atoms with Gasteiger partial charge in [-0.15, -0.1) is 35.3 Å². The first-order chi connectivity index (χ1) is 11.7. The van der Waals surface area contributed by atoms with Crippen molar-refractivity contribution in [1.29, 1.82) is 0 Å². The number of ether oxygens (including phenoxy) is 1. The summed E-state index contributed by atoms with van der Waals surface area (Å²) in [6.07, 6.45) is 2.42. The van der Waals surface area contributed by atoms with Crippen molar-refractivity contribution in [3.05, 3.63) is 22.4 Å². The fourth-order valence-electron chi connectivity index (χ4n) is 2.91. The Hall–Kier alpha value is -0.380. The highest BCUT2D eigenvalue weighted by atomic mass is 127. The average Bonchev–Trinajstić information content (AvgIpc) is 3.12. The summed E-state index contributed by atoms with van der Waals surface area (Å²) in [4.78, 5) is 8.27. The third-order valence-corrected chi connectivity index (χ3v) is 5.27. The van der Waals surface area contributed by atoms with Gasteiger partial charge in [0, 0.05) is 38.1 Å². The van der Waals surface area contributed by atoms with Gasteiger partial charge in [0.15, 0.2) is 5.96 Å². The first kappa shape index (κ1) is 22.7. The van der Waals surface area contributed by atoms with Crippen molar-refractivity contribution in [1.82, 2.24) is 15.5 Å². The van der Waals surface area contributed by atoms with E-state index in [9.17, 15) is 0 Å². The zero-order valence-electron chi connectivity index (χ0n) is 15.7. The number of morpholine rings is 1. The van der Waals surface area contributed by atoms with Crippen LogP contribution in [0.2, 0.25) is 0 Å². The van der Waals surface area contributed by atoms with E-state index in [1.54, 1.807) is 0 Å². The number of hydrogen-bond donors (Lipinski definition) is 2. The van der Waals surface area contributed by atoms with E-state index in [4.69, 9.17) is 4.74 Å². The topological polar surface area (TPSA) is 48.9 Å². The maximum Gasteiger partial charge on any atom is 0.191 e. The molecule has 1 aliphatic heterocycles. The van der Waals surface area contributed by atoms with Gasteiger partial charge in [-0.2, -0.15) is 0 Å². The van der Waals surface area contributed by atoms with Gasteiger partial charge in [0.1, 0.15) is 0 Å². The van der Waals surface area contributed by atoms with Crippen LogP contribution >= 0.6 is 35.3 Å². The molecule has 25 heavy (non-hydrogen) atoms. The van der Waals surface area contributed by atoms with Crippen LogP contribution in [0.5, 0.6) is 0 Å². The first-order valence-electron chi connectivity index (χ1n) is 9.00. The second kappa shape index (κ2) is 12.9. The molecule has 0 saturated carbocycles. The van der Waals surface area contributed by atoms with Crippen molar-refractivity contribution in [2.24, 2.45) is 10.9 Å². The molecule has 5 nitrogen and oxygen atoms in total. The summed E-state index contributed by atoms with van der Waals surface area (Å²) in [6, 6.07) is 4.74. The Morgan fingerprint density at radius 1 is 1.32 bits per heavy atom. The van der Waals surface area contributed by atoms with Gasteiger partial charge in [-0.3, -0.25) is 9.89 Å². The number of nitrogens with one attached hydrogen (secondary N) is 2. The Labute approximate surface area is 173 Å². The van der Waals surface area contributed by atoms with Crippen LogP contribution in [0, 0.1) is 5.92 Å². The Morgan fingerprint density at radius 2 is 2.08 bits per heavy atom. The van der Waals surface area contributed by atoms with Gasteiger partial charge >= 0.3 is 0 Å². The van der Waals surface area contributed by atoms with Crippen LogP contribution in [-0.2, 0) is 4.74 Å². The molecule has 0 amide bonds. The van der Waals surface area contributed by atoms with E-state index in [0.717, 1.165) is 51.3 Å².